The molecule has 5 nitrogen and oxygen atoms in total. The van der Waals surface area contributed by atoms with Gasteiger partial charge < -0.3 is 5.73 Å². The lowest BCUT2D eigenvalue weighted by molar-refractivity contribution is 0.883. The summed E-state index contributed by atoms with van der Waals surface area (Å²) in [6.45, 7) is 0. The Kier molecular flexibility index (Phi) is 2.30. The van der Waals surface area contributed by atoms with Gasteiger partial charge in [0.25, 0.3) is 0 Å². The highest BCUT2D eigenvalue weighted by Crippen LogP contribution is 2.23. The second-order valence-corrected chi connectivity index (χ2v) is 3.90. The molecule has 5 heteroatoms. The molecule has 0 radical (unpaired) electrons. The number of nitrogen functional groups attached to an aromatic ring is 1. The van der Waals surface area contributed by atoms with Crippen LogP contribution in [0.1, 0.15) is 5.56 Å². The summed E-state index contributed by atoms with van der Waals surface area (Å²) in [7, 11) is 0. The lowest BCUT2D eigenvalue weighted by atomic mass is 10.1. The molecule has 0 saturated heterocycles. The van der Waals surface area contributed by atoms with Crippen LogP contribution in [0.3, 0.4) is 0 Å². The summed E-state index contributed by atoms with van der Waals surface area (Å²) >= 11 is 0. The number of pyridine rings is 1. The van der Waals surface area contributed by atoms with Crippen molar-refractivity contribution in [1.82, 2.24) is 14.8 Å². The molecule has 18 heavy (non-hydrogen) atoms. The van der Waals surface area contributed by atoms with Gasteiger partial charge in [0.05, 0.1) is 16.8 Å². The number of hydrogen-bond donors (Lipinski definition) is 2. The Balaban J connectivity index is 2.43. The minimum atomic E-state index is -0.0150. The molecule has 3 N–H and O–H groups in total. The molecule has 3 aromatic rings. The zero-order valence-corrected chi connectivity index (χ0v) is 9.54. The number of nitrogens with one attached hydrogen (secondary N) is 1. The minimum absolute atomic E-state index is 0.0150. The number of aromatic nitrogens is 3. The van der Waals surface area contributed by atoms with E-state index in [-0.39, 0.29) is 5.84 Å². The molecule has 3 rings (SSSR count). The zero-order chi connectivity index (χ0) is 12.5. The molecule has 0 aliphatic carbocycles. The molecule has 0 aliphatic rings. The van der Waals surface area contributed by atoms with Gasteiger partial charge in [0.1, 0.15) is 5.84 Å². The number of benzene rings is 1. The summed E-state index contributed by atoms with van der Waals surface area (Å²) < 4.78 is 1.71. The van der Waals surface area contributed by atoms with E-state index in [0.717, 1.165) is 16.6 Å². The third-order valence-electron chi connectivity index (χ3n) is 2.77. The predicted molar refractivity (Wildman–Crippen MR) is 69.9 cm³/mol. The van der Waals surface area contributed by atoms with E-state index < -0.39 is 0 Å². The molecule has 0 amide bonds. The summed E-state index contributed by atoms with van der Waals surface area (Å²) in [5.41, 5.74) is 7.84. The summed E-state index contributed by atoms with van der Waals surface area (Å²) in [5.74, 6) is -0.0150. The molecule has 0 fully saturated rings. The third kappa shape index (κ3) is 1.53. The number of nitrogens with two attached hydrogens (primary N) is 1. The molecule has 0 aliphatic heterocycles. The molecular weight excluding hydrogens is 226 g/mol. The van der Waals surface area contributed by atoms with E-state index in [4.69, 9.17) is 11.1 Å². The summed E-state index contributed by atoms with van der Waals surface area (Å²) in [5, 5.41) is 12.8. The molecule has 1 aromatic carbocycles. The van der Waals surface area contributed by atoms with Gasteiger partial charge in [0.2, 0.25) is 0 Å². The van der Waals surface area contributed by atoms with Crippen LogP contribution >= 0.6 is 0 Å². The van der Waals surface area contributed by atoms with Crippen LogP contribution in [0, 0.1) is 5.41 Å². The van der Waals surface area contributed by atoms with Crippen molar-refractivity contribution in [2.45, 2.75) is 0 Å². The maximum absolute atomic E-state index is 7.65. The minimum Gasteiger partial charge on any atom is -0.384 e. The first kappa shape index (κ1) is 10.5. The first-order valence-corrected chi connectivity index (χ1v) is 5.49. The number of amidine groups is 1. The van der Waals surface area contributed by atoms with E-state index >= 15 is 0 Å². The zero-order valence-electron chi connectivity index (χ0n) is 9.54. The highest BCUT2D eigenvalue weighted by atomic mass is 15.3. The highest BCUT2D eigenvalue weighted by Gasteiger charge is 2.12. The fourth-order valence-corrected chi connectivity index (χ4v) is 1.97. The molecule has 2 heterocycles. The number of rotatable bonds is 2. The van der Waals surface area contributed by atoms with Crippen molar-refractivity contribution in [2.75, 3.05) is 0 Å². The monoisotopic (exact) mass is 237 g/mol. The van der Waals surface area contributed by atoms with Gasteiger partial charge in [-0.2, -0.15) is 5.10 Å². The Morgan fingerprint density at radius 3 is 2.78 bits per heavy atom. The van der Waals surface area contributed by atoms with Gasteiger partial charge in [-0.1, -0.05) is 18.2 Å². The summed E-state index contributed by atoms with van der Waals surface area (Å²) in [4.78, 5) is 4.31. The largest absolute Gasteiger partial charge is 0.384 e. The first-order valence-electron chi connectivity index (χ1n) is 5.49. The third-order valence-corrected chi connectivity index (χ3v) is 2.77. The topological polar surface area (TPSA) is 80.6 Å². The standard InChI is InChI=1S/C13H11N5/c14-13(15)10-8-16-11-5-2-1-4-9(11)12(10)18-7-3-6-17-18/h1-8H,(H3,14,15). The number of nitrogens with zero attached hydrogens (tertiary/aromatic N) is 3. The first-order chi connectivity index (χ1) is 8.77. The van der Waals surface area contributed by atoms with Crippen LogP contribution < -0.4 is 5.73 Å². The van der Waals surface area contributed by atoms with Crippen LogP contribution in [0.2, 0.25) is 0 Å². The van der Waals surface area contributed by atoms with E-state index in [0.29, 0.717) is 5.56 Å². The van der Waals surface area contributed by atoms with E-state index in [1.807, 2.05) is 36.5 Å². The molecule has 88 valence electrons. The molecule has 0 unspecified atom stereocenters. The molecule has 0 bridgehead atoms. The van der Waals surface area contributed by atoms with E-state index in [2.05, 4.69) is 10.1 Å². The lowest BCUT2D eigenvalue weighted by Gasteiger charge is -2.11. The normalized spacial score (nSPS) is 10.7. The van der Waals surface area contributed by atoms with Crippen LogP contribution in [-0.2, 0) is 0 Å². The molecule has 0 spiro atoms. The van der Waals surface area contributed by atoms with Crippen LogP contribution in [-0.4, -0.2) is 20.6 Å². The summed E-state index contributed by atoms with van der Waals surface area (Å²) in [6, 6.07) is 9.56. The lowest BCUT2D eigenvalue weighted by Crippen LogP contribution is -2.16. The maximum Gasteiger partial charge on any atom is 0.126 e. The van der Waals surface area contributed by atoms with Crippen molar-refractivity contribution < 1.29 is 0 Å². The Hall–Kier alpha value is -2.69. The Morgan fingerprint density at radius 2 is 2.06 bits per heavy atom. The quantitative estimate of drug-likeness (QED) is 0.526. The van der Waals surface area contributed by atoms with Gasteiger partial charge in [-0.25, -0.2) is 4.68 Å². The molecular formula is C13H11N5. The van der Waals surface area contributed by atoms with Gasteiger partial charge >= 0.3 is 0 Å². The van der Waals surface area contributed by atoms with Crippen molar-refractivity contribution in [2.24, 2.45) is 5.73 Å². The van der Waals surface area contributed by atoms with Crippen LogP contribution in [0.25, 0.3) is 16.6 Å². The smallest absolute Gasteiger partial charge is 0.126 e. The van der Waals surface area contributed by atoms with Crippen molar-refractivity contribution in [3.8, 4) is 5.69 Å². The molecule has 0 atom stereocenters. The van der Waals surface area contributed by atoms with Crippen LogP contribution in [0.15, 0.2) is 48.9 Å². The van der Waals surface area contributed by atoms with Gasteiger partial charge in [-0.15, -0.1) is 0 Å². The van der Waals surface area contributed by atoms with Crippen molar-refractivity contribution in [3.05, 3.63) is 54.5 Å². The number of hydrogen-bond acceptors (Lipinski definition) is 3. The number of fused-ring (bicyclic) bond motifs is 1. The number of para-hydroxylation sites is 1. The summed E-state index contributed by atoms with van der Waals surface area (Å²) in [6.07, 6.45) is 5.13. The SMILES string of the molecule is N=C(N)c1cnc2ccccc2c1-n1cccn1. The Bertz CT molecular complexity index is 715. The maximum atomic E-state index is 7.65. The second kappa shape index (κ2) is 3.96. The average Bonchev–Trinajstić information content (AvgIpc) is 2.90. The molecule has 2 aromatic heterocycles. The van der Waals surface area contributed by atoms with E-state index in [1.165, 1.54) is 0 Å². The van der Waals surface area contributed by atoms with Gasteiger partial charge in [0, 0.05) is 24.0 Å². The highest BCUT2D eigenvalue weighted by molar-refractivity contribution is 6.04. The predicted octanol–water partition coefficient (Wildman–Crippen LogP) is 1.70. The second-order valence-electron chi connectivity index (χ2n) is 3.90. The van der Waals surface area contributed by atoms with E-state index in [9.17, 15) is 0 Å². The fraction of sp³-hybridized carbons (Fsp3) is 0. The van der Waals surface area contributed by atoms with Crippen molar-refractivity contribution in [1.29, 1.82) is 5.41 Å². The Labute approximate surface area is 103 Å². The van der Waals surface area contributed by atoms with E-state index in [1.54, 1.807) is 17.1 Å². The van der Waals surface area contributed by atoms with Crippen molar-refractivity contribution >= 4 is 16.7 Å². The van der Waals surface area contributed by atoms with Gasteiger partial charge in [-0.05, 0) is 12.1 Å². The molecule has 0 saturated carbocycles. The van der Waals surface area contributed by atoms with Crippen LogP contribution in [0.4, 0.5) is 0 Å². The van der Waals surface area contributed by atoms with Crippen LogP contribution in [0.5, 0.6) is 0 Å². The fourth-order valence-electron chi connectivity index (χ4n) is 1.97. The van der Waals surface area contributed by atoms with Crippen molar-refractivity contribution in [3.63, 3.8) is 0 Å². The van der Waals surface area contributed by atoms with Gasteiger partial charge in [0.15, 0.2) is 0 Å². The average molecular weight is 237 g/mol. The Morgan fingerprint density at radius 1 is 1.22 bits per heavy atom. The van der Waals surface area contributed by atoms with Gasteiger partial charge in [-0.3, -0.25) is 10.4 Å².